The molecule has 0 aliphatic heterocycles. The minimum absolute atomic E-state index is 0.0832. The highest BCUT2D eigenvalue weighted by Gasteiger charge is 2.33. The molecule has 0 spiro atoms. The molecule has 2 aromatic carbocycles. The number of carboxylic acid groups (broad SMARTS) is 1. The number of rotatable bonds is 11. The van der Waals surface area contributed by atoms with Gasteiger partial charge in [0.2, 0.25) is 0 Å². The SMILES string of the molecule is CCc1ccc(S(=O)(=O)C(CCCCCCc2ccc(Cl)cc2)C(=O)O)cc1. The number of aryl methyl sites for hydroxylation is 2. The van der Waals surface area contributed by atoms with E-state index in [-0.39, 0.29) is 11.3 Å². The maximum atomic E-state index is 12.7. The number of carbonyl (C=O) groups is 1. The summed E-state index contributed by atoms with van der Waals surface area (Å²) < 4.78 is 25.4. The lowest BCUT2D eigenvalue weighted by Gasteiger charge is -2.14. The number of hydrogen-bond acceptors (Lipinski definition) is 3. The first kappa shape index (κ1) is 22.4. The van der Waals surface area contributed by atoms with E-state index in [2.05, 4.69) is 0 Å². The van der Waals surface area contributed by atoms with Gasteiger partial charge in [0.25, 0.3) is 0 Å². The molecule has 1 N–H and O–H groups in total. The van der Waals surface area contributed by atoms with Crippen molar-refractivity contribution >= 4 is 27.4 Å². The molecule has 0 aliphatic rings. The van der Waals surface area contributed by atoms with E-state index in [1.165, 1.54) is 17.7 Å². The second-order valence-electron chi connectivity index (χ2n) is 6.95. The van der Waals surface area contributed by atoms with Crippen LogP contribution in [0.2, 0.25) is 5.02 Å². The van der Waals surface area contributed by atoms with Gasteiger partial charge in [-0.2, -0.15) is 0 Å². The third-order valence-corrected chi connectivity index (χ3v) is 7.27. The van der Waals surface area contributed by atoms with Gasteiger partial charge < -0.3 is 5.11 Å². The van der Waals surface area contributed by atoms with E-state index < -0.39 is 21.1 Å². The number of sulfone groups is 1. The average Bonchev–Trinajstić information content (AvgIpc) is 2.68. The van der Waals surface area contributed by atoms with Crippen LogP contribution < -0.4 is 0 Å². The molecule has 2 rings (SSSR count). The number of unbranched alkanes of at least 4 members (excludes halogenated alkanes) is 3. The van der Waals surface area contributed by atoms with Crippen LogP contribution in [0.25, 0.3) is 0 Å². The topological polar surface area (TPSA) is 71.4 Å². The van der Waals surface area contributed by atoms with Crippen LogP contribution in [0.3, 0.4) is 0 Å². The van der Waals surface area contributed by atoms with Crippen molar-refractivity contribution < 1.29 is 18.3 Å². The molecule has 0 aromatic heterocycles. The van der Waals surface area contributed by atoms with Crippen LogP contribution >= 0.6 is 11.6 Å². The van der Waals surface area contributed by atoms with Crippen molar-refractivity contribution in [3.05, 3.63) is 64.7 Å². The van der Waals surface area contributed by atoms with E-state index >= 15 is 0 Å². The third kappa shape index (κ3) is 6.35. The summed E-state index contributed by atoms with van der Waals surface area (Å²) in [7, 11) is -3.88. The predicted molar refractivity (Wildman–Crippen MR) is 113 cm³/mol. The molecule has 152 valence electrons. The summed E-state index contributed by atoms with van der Waals surface area (Å²) in [5.41, 5.74) is 2.23. The Morgan fingerprint density at radius 2 is 1.50 bits per heavy atom. The second kappa shape index (κ2) is 10.6. The molecular weight excluding hydrogens is 396 g/mol. The largest absolute Gasteiger partial charge is 0.480 e. The summed E-state index contributed by atoms with van der Waals surface area (Å²) in [6, 6.07) is 14.2. The van der Waals surface area contributed by atoms with Crippen molar-refractivity contribution in [3.8, 4) is 0 Å². The highest BCUT2D eigenvalue weighted by atomic mass is 35.5. The summed E-state index contributed by atoms with van der Waals surface area (Å²) >= 11 is 5.87. The van der Waals surface area contributed by atoms with E-state index in [9.17, 15) is 18.3 Å². The maximum Gasteiger partial charge on any atom is 0.322 e. The van der Waals surface area contributed by atoms with Gasteiger partial charge in [-0.3, -0.25) is 4.79 Å². The Hall–Kier alpha value is -1.85. The Labute approximate surface area is 172 Å². The number of halogens is 1. The number of benzene rings is 2. The van der Waals surface area contributed by atoms with Gasteiger partial charge in [0.15, 0.2) is 15.1 Å². The molecule has 0 bridgehead atoms. The van der Waals surface area contributed by atoms with Crippen LogP contribution in [-0.2, 0) is 27.5 Å². The van der Waals surface area contributed by atoms with Gasteiger partial charge in [0.1, 0.15) is 0 Å². The molecular formula is C22H27ClO4S. The molecule has 0 aliphatic carbocycles. The van der Waals surface area contributed by atoms with Crippen molar-refractivity contribution in [2.75, 3.05) is 0 Å². The van der Waals surface area contributed by atoms with Crippen LogP contribution in [0.4, 0.5) is 0 Å². The van der Waals surface area contributed by atoms with E-state index in [1.807, 2.05) is 31.2 Å². The predicted octanol–water partition coefficient (Wildman–Crippen LogP) is 5.32. The van der Waals surface area contributed by atoms with Gasteiger partial charge in [0, 0.05) is 5.02 Å². The first-order chi connectivity index (χ1) is 13.3. The van der Waals surface area contributed by atoms with E-state index in [1.54, 1.807) is 12.1 Å². The summed E-state index contributed by atoms with van der Waals surface area (Å²) in [5, 5.41) is 8.78. The first-order valence-electron chi connectivity index (χ1n) is 9.64. The molecule has 28 heavy (non-hydrogen) atoms. The fraction of sp³-hybridized carbons (Fsp3) is 0.409. The Morgan fingerprint density at radius 3 is 2.07 bits per heavy atom. The van der Waals surface area contributed by atoms with Crippen LogP contribution in [-0.4, -0.2) is 24.7 Å². The Morgan fingerprint density at radius 1 is 0.929 bits per heavy atom. The summed E-state index contributed by atoms with van der Waals surface area (Å²) in [6.45, 7) is 1.98. The van der Waals surface area contributed by atoms with E-state index in [0.29, 0.717) is 11.4 Å². The van der Waals surface area contributed by atoms with Gasteiger partial charge in [-0.15, -0.1) is 0 Å². The van der Waals surface area contributed by atoms with Crippen LogP contribution in [0.5, 0.6) is 0 Å². The summed E-state index contributed by atoms with van der Waals surface area (Å²) in [5.74, 6) is -1.28. The molecule has 0 saturated carbocycles. The molecule has 6 heteroatoms. The number of hydrogen-bond donors (Lipinski definition) is 1. The minimum atomic E-state index is -3.88. The molecule has 0 fully saturated rings. The third-order valence-electron chi connectivity index (χ3n) is 4.91. The van der Waals surface area contributed by atoms with Gasteiger partial charge in [0.05, 0.1) is 4.90 Å². The smallest absolute Gasteiger partial charge is 0.322 e. The normalized spacial score (nSPS) is 12.6. The highest BCUT2D eigenvalue weighted by molar-refractivity contribution is 7.92. The molecule has 1 unspecified atom stereocenters. The quantitative estimate of drug-likeness (QED) is 0.497. The Bertz CT molecular complexity index is 858. The number of aliphatic carboxylic acids is 1. The minimum Gasteiger partial charge on any atom is -0.480 e. The average molecular weight is 423 g/mol. The zero-order chi connectivity index (χ0) is 20.6. The summed E-state index contributed by atoms with van der Waals surface area (Å²) in [6.07, 6.45) is 5.16. The molecule has 0 saturated heterocycles. The summed E-state index contributed by atoms with van der Waals surface area (Å²) in [4.78, 5) is 11.7. The van der Waals surface area contributed by atoms with Crippen LogP contribution in [0.1, 0.15) is 50.2 Å². The van der Waals surface area contributed by atoms with Crippen molar-refractivity contribution in [2.24, 2.45) is 0 Å². The standard InChI is InChI=1S/C22H27ClO4S/c1-2-17-11-15-20(16-12-17)28(26,27)21(22(24)25)8-6-4-3-5-7-18-9-13-19(23)14-10-18/h9-16,21H,2-8H2,1H3,(H,24,25). The molecule has 1 atom stereocenters. The maximum absolute atomic E-state index is 12.7. The lowest BCUT2D eigenvalue weighted by molar-refractivity contribution is -0.136. The van der Waals surface area contributed by atoms with E-state index in [0.717, 1.165) is 37.7 Å². The van der Waals surface area contributed by atoms with Crippen LogP contribution in [0, 0.1) is 0 Å². The van der Waals surface area contributed by atoms with Gasteiger partial charge in [-0.05, 0) is 61.1 Å². The molecule has 2 aromatic rings. The molecule has 0 amide bonds. The highest BCUT2D eigenvalue weighted by Crippen LogP contribution is 2.22. The lowest BCUT2D eigenvalue weighted by atomic mass is 10.0. The number of carboxylic acids is 1. The Balaban J connectivity index is 1.84. The Kier molecular flexibility index (Phi) is 8.52. The fourth-order valence-corrected chi connectivity index (χ4v) is 4.87. The monoisotopic (exact) mass is 422 g/mol. The van der Waals surface area contributed by atoms with Gasteiger partial charge in [-0.25, -0.2) is 8.42 Å². The fourth-order valence-electron chi connectivity index (χ4n) is 3.15. The van der Waals surface area contributed by atoms with Gasteiger partial charge in [-0.1, -0.05) is 62.1 Å². The van der Waals surface area contributed by atoms with E-state index in [4.69, 9.17) is 11.6 Å². The van der Waals surface area contributed by atoms with Crippen molar-refractivity contribution in [3.63, 3.8) is 0 Å². The molecule has 4 nitrogen and oxygen atoms in total. The second-order valence-corrected chi connectivity index (χ2v) is 9.52. The van der Waals surface area contributed by atoms with Crippen LogP contribution in [0.15, 0.2) is 53.4 Å². The van der Waals surface area contributed by atoms with Crippen molar-refractivity contribution in [1.82, 2.24) is 0 Å². The first-order valence-corrected chi connectivity index (χ1v) is 11.6. The van der Waals surface area contributed by atoms with Crippen molar-refractivity contribution in [1.29, 1.82) is 0 Å². The molecule has 0 heterocycles. The van der Waals surface area contributed by atoms with Crippen molar-refractivity contribution in [2.45, 2.75) is 62.0 Å². The zero-order valence-electron chi connectivity index (χ0n) is 16.1. The van der Waals surface area contributed by atoms with Gasteiger partial charge >= 0.3 is 5.97 Å². The molecule has 0 radical (unpaired) electrons. The zero-order valence-corrected chi connectivity index (χ0v) is 17.7. The lowest BCUT2D eigenvalue weighted by Crippen LogP contribution is -2.30.